The van der Waals surface area contributed by atoms with Gasteiger partial charge in [0.25, 0.3) is 6.43 Å². The molecular formula is C20H22F2N2O. The highest BCUT2D eigenvalue weighted by molar-refractivity contribution is 5.83. The van der Waals surface area contributed by atoms with Crippen LogP contribution in [0.1, 0.15) is 16.7 Å². The van der Waals surface area contributed by atoms with Crippen LogP contribution in [-0.4, -0.2) is 24.6 Å². The Hall–Kier alpha value is -2.40. The van der Waals surface area contributed by atoms with Crippen LogP contribution in [0.4, 0.5) is 8.78 Å². The summed E-state index contributed by atoms with van der Waals surface area (Å²) in [7, 11) is 0. The van der Waals surface area contributed by atoms with Crippen LogP contribution in [0.3, 0.4) is 0 Å². The van der Waals surface area contributed by atoms with Gasteiger partial charge in [-0.2, -0.15) is 0 Å². The van der Waals surface area contributed by atoms with E-state index in [0.29, 0.717) is 12.3 Å². The van der Waals surface area contributed by atoms with E-state index >= 15 is 0 Å². The highest BCUT2D eigenvalue weighted by atomic mass is 19.3. The number of aromatic amines is 1. The van der Waals surface area contributed by atoms with E-state index in [1.807, 2.05) is 12.1 Å². The van der Waals surface area contributed by atoms with Gasteiger partial charge in [0.2, 0.25) is 0 Å². The van der Waals surface area contributed by atoms with E-state index < -0.39 is 13.0 Å². The summed E-state index contributed by atoms with van der Waals surface area (Å²) in [6.07, 6.45) is 0.525. The third-order valence-electron chi connectivity index (χ3n) is 4.10. The normalized spacial score (nSPS) is 11.4. The number of benzene rings is 2. The summed E-state index contributed by atoms with van der Waals surface area (Å²) < 4.78 is 29.5. The monoisotopic (exact) mass is 344 g/mol. The fourth-order valence-electron chi connectivity index (χ4n) is 2.86. The zero-order valence-corrected chi connectivity index (χ0v) is 14.2. The van der Waals surface area contributed by atoms with Crippen molar-refractivity contribution in [2.75, 3.05) is 13.2 Å². The fraction of sp³-hybridized carbons (Fsp3) is 0.300. The smallest absolute Gasteiger partial charge is 0.272 e. The Labute approximate surface area is 146 Å². The minimum atomic E-state index is -2.46. The molecule has 2 N–H and O–H groups in total. The molecule has 0 aliphatic rings. The molecule has 0 unspecified atom stereocenters. The maximum absolute atomic E-state index is 12.2. The number of hydrogen-bond donors (Lipinski definition) is 2. The number of alkyl halides is 2. The minimum Gasteiger partial charge on any atom is -0.488 e. The van der Waals surface area contributed by atoms with Gasteiger partial charge in [-0.05, 0) is 55.3 Å². The molecular weight excluding hydrogens is 322 g/mol. The number of rotatable bonds is 8. The number of fused-ring (bicyclic) bond motifs is 1. The van der Waals surface area contributed by atoms with Gasteiger partial charge in [-0.3, -0.25) is 0 Å². The number of H-pyrrole nitrogens is 1. The number of nitrogens with one attached hydrogen (secondary N) is 2. The highest BCUT2D eigenvalue weighted by Crippen LogP contribution is 2.20. The van der Waals surface area contributed by atoms with Crippen molar-refractivity contribution < 1.29 is 13.5 Å². The van der Waals surface area contributed by atoms with E-state index in [0.717, 1.165) is 24.0 Å². The molecule has 0 bridgehead atoms. The first-order chi connectivity index (χ1) is 12.1. The summed E-state index contributed by atoms with van der Waals surface area (Å²) >= 11 is 0. The zero-order valence-electron chi connectivity index (χ0n) is 14.2. The van der Waals surface area contributed by atoms with E-state index in [4.69, 9.17) is 4.74 Å². The lowest BCUT2D eigenvalue weighted by Crippen LogP contribution is -2.16. The predicted molar refractivity (Wildman–Crippen MR) is 96.4 cm³/mol. The molecule has 0 fully saturated rings. The molecule has 0 radical (unpaired) electrons. The van der Waals surface area contributed by atoms with Gasteiger partial charge < -0.3 is 15.0 Å². The van der Waals surface area contributed by atoms with Gasteiger partial charge in [0.1, 0.15) is 12.4 Å². The van der Waals surface area contributed by atoms with Crippen molar-refractivity contribution >= 4 is 10.9 Å². The first kappa shape index (κ1) is 17.4. The predicted octanol–water partition coefficient (Wildman–Crippen LogP) is 4.45. The average molecular weight is 344 g/mol. The average Bonchev–Trinajstić information content (AvgIpc) is 2.99. The summed E-state index contributed by atoms with van der Waals surface area (Å²) in [4.78, 5) is 3.30. The summed E-state index contributed by atoms with van der Waals surface area (Å²) in [5.41, 5.74) is 4.72. The van der Waals surface area contributed by atoms with Crippen molar-refractivity contribution in [3.8, 4) is 5.75 Å². The van der Waals surface area contributed by atoms with Crippen LogP contribution in [0.25, 0.3) is 10.9 Å². The molecule has 3 nitrogen and oxygen atoms in total. The van der Waals surface area contributed by atoms with Crippen LogP contribution < -0.4 is 10.1 Å². The number of aromatic nitrogens is 1. The second-order valence-corrected chi connectivity index (χ2v) is 6.14. The van der Waals surface area contributed by atoms with Crippen molar-refractivity contribution in [2.45, 2.75) is 26.3 Å². The lowest BCUT2D eigenvalue weighted by Gasteiger charge is -2.08. The summed E-state index contributed by atoms with van der Waals surface area (Å²) in [6, 6.07) is 13.7. The number of hydrogen-bond acceptors (Lipinski definition) is 2. The molecule has 5 heteroatoms. The quantitative estimate of drug-likeness (QED) is 0.592. The number of aryl methyl sites for hydroxylation is 1. The number of ether oxygens (including phenoxy) is 1. The van der Waals surface area contributed by atoms with Gasteiger partial charge in [-0.25, -0.2) is 8.78 Å². The first-order valence-electron chi connectivity index (χ1n) is 8.39. The third-order valence-corrected chi connectivity index (χ3v) is 4.10. The largest absolute Gasteiger partial charge is 0.488 e. The standard InChI is InChI=1S/C20H22F2N2O/c1-14-5-6-19-18(9-14)16(12-24-19)7-8-23-11-15-3-2-4-17(10-15)25-13-20(21)22/h2-6,9-10,12,20,23-24H,7-8,11,13H2,1H3. The molecule has 3 aromatic rings. The molecule has 2 aromatic carbocycles. The van der Waals surface area contributed by atoms with Crippen LogP contribution >= 0.6 is 0 Å². The maximum atomic E-state index is 12.2. The molecule has 0 saturated heterocycles. The SMILES string of the molecule is Cc1ccc2[nH]cc(CCNCc3cccc(OCC(F)F)c3)c2c1. The van der Waals surface area contributed by atoms with E-state index in [9.17, 15) is 8.78 Å². The van der Waals surface area contributed by atoms with Crippen LogP contribution in [-0.2, 0) is 13.0 Å². The maximum Gasteiger partial charge on any atom is 0.272 e. The topological polar surface area (TPSA) is 37.0 Å². The van der Waals surface area contributed by atoms with Gasteiger partial charge in [0.15, 0.2) is 0 Å². The van der Waals surface area contributed by atoms with Gasteiger partial charge in [0, 0.05) is 23.6 Å². The molecule has 0 spiro atoms. The van der Waals surface area contributed by atoms with Crippen LogP contribution in [0.15, 0.2) is 48.7 Å². The van der Waals surface area contributed by atoms with Crippen molar-refractivity contribution in [3.05, 3.63) is 65.4 Å². The Balaban J connectivity index is 1.51. The summed E-state index contributed by atoms with van der Waals surface area (Å²) in [5, 5.41) is 4.66. The highest BCUT2D eigenvalue weighted by Gasteiger charge is 2.05. The van der Waals surface area contributed by atoms with Crippen molar-refractivity contribution in [1.82, 2.24) is 10.3 Å². The Morgan fingerprint density at radius 1 is 1.16 bits per heavy atom. The molecule has 132 valence electrons. The lowest BCUT2D eigenvalue weighted by molar-refractivity contribution is 0.0818. The number of halogens is 2. The minimum absolute atomic E-state index is 0.478. The zero-order chi connectivity index (χ0) is 17.6. The Bertz CT molecular complexity index is 829. The van der Waals surface area contributed by atoms with Gasteiger partial charge in [-0.1, -0.05) is 23.8 Å². The first-order valence-corrected chi connectivity index (χ1v) is 8.39. The molecule has 0 saturated carbocycles. The second kappa shape index (κ2) is 8.12. The van der Waals surface area contributed by atoms with Gasteiger partial charge >= 0.3 is 0 Å². The van der Waals surface area contributed by atoms with Crippen molar-refractivity contribution in [2.24, 2.45) is 0 Å². The van der Waals surface area contributed by atoms with Crippen molar-refractivity contribution in [3.63, 3.8) is 0 Å². The molecule has 3 rings (SSSR count). The fourth-order valence-corrected chi connectivity index (χ4v) is 2.86. The van der Waals surface area contributed by atoms with Gasteiger partial charge in [0.05, 0.1) is 0 Å². The molecule has 1 heterocycles. The molecule has 1 aromatic heterocycles. The lowest BCUT2D eigenvalue weighted by atomic mass is 10.1. The van der Waals surface area contributed by atoms with Crippen molar-refractivity contribution in [1.29, 1.82) is 0 Å². The molecule has 0 amide bonds. The Morgan fingerprint density at radius 3 is 2.88 bits per heavy atom. The van der Waals surface area contributed by atoms with Crippen LogP contribution in [0.2, 0.25) is 0 Å². The molecule has 25 heavy (non-hydrogen) atoms. The second-order valence-electron chi connectivity index (χ2n) is 6.14. The summed E-state index contributed by atoms with van der Waals surface area (Å²) in [5.74, 6) is 0.478. The Kier molecular flexibility index (Phi) is 5.66. The van der Waals surface area contributed by atoms with E-state index in [-0.39, 0.29) is 0 Å². The Morgan fingerprint density at radius 2 is 2.04 bits per heavy atom. The summed E-state index contributed by atoms with van der Waals surface area (Å²) in [6.45, 7) is 3.03. The molecule has 0 aliphatic heterocycles. The molecule has 0 atom stereocenters. The van der Waals surface area contributed by atoms with E-state index in [1.54, 1.807) is 12.1 Å². The third kappa shape index (κ3) is 4.79. The molecule has 0 aliphatic carbocycles. The van der Waals surface area contributed by atoms with E-state index in [1.165, 1.54) is 16.5 Å². The van der Waals surface area contributed by atoms with Crippen LogP contribution in [0.5, 0.6) is 5.75 Å². The van der Waals surface area contributed by atoms with E-state index in [2.05, 4.69) is 41.6 Å². The van der Waals surface area contributed by atoms with Crippen LogP contribution in [0, 0.1) is 6.92 Å². The van der Waals surface area contributed by atoms with Gasteiger partial charge in [-0.15, -0.1) is 0 Å².